The molecule has 17 heavy (non-hydrogen) atoms. The summed E-state index contributed by atoms with van der Waals surface area (Å²) < 4.78 is 6.81. The number of halogens is 1. The first-order chi connectivity index (χ1) is 8.08. The minimum Gasteiger partial charge on any atom is -0.461 e. The Morgan fingerprint density at radius 1 is 1.29 bits per heavy atom. The SMILES string of the molecule is Cc1c(Br)cccc1-c1ccc(CC(C)O)o1. The molecule has 0 saturated carbocycles. The fourth-order valence-corrected chi connectivity index (χ4v) is 2.16. The van der Waals surface area contributed by atoms with Gasteiger partial charge in [0.15, 0.2) is 0 Å². The van der Waals surface area contributed by atoms with Crippen molar-refractivity contribution in [1.82, 2.24) is 0 Å². The summed E-state index contributed by atoms with van der Waals surface area (Å²) in [4.78, 5) is 0. The molecular weight excluding hydrogens is 280 g/mol. The first-order valence-electron chi connectivity index (χ1n) is 5.60. The summed E-state index contributed by atoms with van der Waals surface area (Å²) in [5.41, 5.74) is 2.24. The topological polar surface area (TPSA) is 33.4 Å². The number of aliphatic hydroxyl groups excluding tert-OH is 1. The fourth-order valence-electron chi connectivity index (χ4n) is 1.80. The molecule has 0 aliphatic rings. The maximum atomic E-state index is 9.32. The smallest absolute Gasteiger partial charge is 0.134 e. The van der Waals surface area contributed by atoms with Crippen LogP contribution in [-0.4, -0.2) is 11.2 Å². The summed E-state index contributed by atoms with van der Waals surface area (Å²) in [5.74, 6) is 1.66. The van der Waals surface area contributed by atoms with Gasteiger partial charge in [0.1, 0.15) is 11.5 Å². The zero-order chi connectivity index (χ0) is 12.4. The Bertz CT molecular complexity index is 515. The summed E-state index contributed by atoms with van der Waals surface area (Å²) in [6.45, 7) is 3.81. The van der Waals surface area contributed by atoms with Crippen LogP contribution in [0.15, 0.2) is 39.2 Å². The lowest BCUT2D eigenvalue weighted by Crippen LogP contribution is -2.02. The lowest BCUT2D eigenvalue weighted by Gasteiger charge is -2.05. The predicted molar refractivity (Wildman–Crippen MR) is 72.0 cm³/mol. The first-order valence-corrected chi connectivity index (χ1v) is 6.39. The second-order valence-electron chi connectivity index (χ2n) is 4.23. The van der Waals surface area contributed by atoms with Crippen molar-refractivity contribution in [1.29, 1.82) is 0 Å². The number of hydrogen-bond donors (Lipinski definition) is 1. The Kier molecular flexibility index (Phi) is 3.69. The minimum absolute atomic E-state index is 0.377. The third kappa shape index (κ3) is 2.79. The van der Waals surface area contributed by atoms with Crippen molar-refractivity contribution in [2.24, 2.45) is 0 Å². The van der Waals surface area contributed by atoms with Crippen LogP contribution in [0.2, 0.25) is 0 Å². The van der Waals surface area contributed by atoms with Gasteiger partial charge in [-0.15, -0.1) is 0 Å². The molecule has 2 aromatic rings. The summed E-state index contributed by atoms with van der Waals surface area (Å²) in [5, 5.41) is 9.32. The Morgan fingerprint density at radius 3 is 2.76 bits per heavy atom. The van der Waals surface area contributed by atoms with Gasteiger partial charge in [-0.1, -0.05) is 28.1 Å². The highest BCUT2D eigenvalue weighted by molar-refractivity contribution is 9.10. The van der Waals surface area contributed by atoms with Crippen LogP contribution in [0.1, 0.15) is 18.2 Å². The van der Waals surface area contributed by atoms with Crippen LogP contribution in [0.5, 0.6) is 0 Å². The lowest BCUT2D eigenvalue weighted by atomic mass is 10.1. The van der Waals surface area contributed by atoms with Crippen molar-refractivity contribution < 1.29 is 9.52 Å². The Balaban J connectivity index is 2.34. The molecule has 0 radical (unpaired) electrons. The summed E-state index contributed by atoms with van der Waals surface area (Å²) in [6, 6.07) is 9.90. The van der Waals surface area contributed by atoms with Gasteiger partial charge in [-0.3, -0.25) is 0 Å². The number of rotatable bonds is 3. The zero-order valence-electron chi connectivity index (χ0n) is 9.90. The van der Waals surface area contributed by atoms with E-state index in [1.807, 2.05) is 30.3 Å². The van der Waals surface area contributed by atoms with Crippen LogP contribution >= 0.6 is 15.9 Å². The molecule has 1 aromatic carbocycles. The van der Waals surface area contributed by atoms with Crippen LogP contribution in [0, 0.1) is 6.92 Å². The first kappa shape index (κ1) is 12.4. The van der Waals surface area contributed by atoms with Gasteiger partial charge in [-0.05, 0) is 37.6 Å². The normalized spacial score (nSPS) is 12.7. The number of benzene rings is 1. The molecule has 0 aliphatic carbocycles. The molecule has 1 heterocycles. The number of furan rings is 1. The predicted octanol–water partition coefficient (Wildman–Crippen LogP) is 3.94. The van der Waals surface area contributed by atoms with E-state index in [0.29, 0.717) is 6.42 Å². The van der Waals surface area contributed by atoms with Gasteiger partial charge < -0.3 is 9.52 Å². The molecule has 2 rings (SSSR count). The van der Waals surface area contributed by atoms with Crippen molar-refractivity contribution in [3.05, 3.63) is 46.1 Å². The van der Waals surface area contributed by atoms with Crippen molar-refractivity contribution in [2.75, 3.05) is 0 Å². The van der Waals surface area contributed by atoms with Crippen LogP contribution in [0.4, 0.5) is 0 Å². The summed E-state index contributed by atoms with van der Waals surface area (Å²) >= 11 is 3.51. The molecule has 0 aliphatic heterocycles. The average Bonchev–Trinajstić information content (AvgIpc) is 2.69. The summed E-state index contributed by atoms with van der Waals surface area (Å²) in [6.07, 6.45) is 0.171. The van der Waals surface area contributed by atoms with E-state index >= 15 is 0 Å². The molecule has 0 fully saturated rings. The van der Waals surface area contributed by atoms with Gasteiger partial charge in [-0.2, -0.15) is 0 Å². The molecule has 0 saturated heterocycles. The maximum Gasteiger partial charge on any atom is 0.134 e. The van der Waals surface area contributed by atoms with E-state index in [0.717, 1.165) is 27.1 Å². The lowest BCUT2D eigenvalue weighted by molar-refractivity contribution is 0.187. The molecule has 2 nitrogen and oxygen atoms in total. The van der Waals surface area contributed by atoms with Crippen molar-refractivity contribution in [3.8, 4) is 11.3 Å². The quantitative estimate of drug-likeness (QED) is 0.930. The third-order valence-electron chi connectivity index (χ3n) is 2.69. The molecule has 0 bridgehead atoms. The molecule has 1 unspecified atom stereocenters. The second kappa shape index (κ2) is 5.07. The molecule has 3 heteroatoms. The van der Waals surface area contributed by atoms with Gasteiger partial charge in [0.2, 0.25) is 0 Å². The highest BCUT2D eigenvalue weighted by Crippen LogP contribution is 2.30. The second-order valence-corrected chi connectivity index (χ2v) is 5.09. The largest absolute Gasteiger partial charge is 0.461 e. The van der Waals surface area contributed by atoms with Crippen LogP contribution < -0.4 is 0 Å². The minimum atomic E-state index is -0.377. The molecular formula is C14H15BrO2. The van der Waals surface area contributed by atoms with Gasteiger partial charge in [0.05, 0.1) is 6.10 Å². The van der Waals surface area contributed by atoms with E-state index in [1.54, 1.807) is 6.92 Å². The fraction of sp³-hybridized carbons (Fsp3) is 0.286. The monoisotopic (exact) mass is 294 g/mol. The van der Waals surface area contributed by atoms with E-state index in [1.165, 1.54) is 0 Å². The number of hydrogen-bond acceptors (Lipinski definition) is 2. The van der Waals surface area contributed by atoms with Crippen molar-refractivity contribution in [2.45, 2.75) is 26.4 Å². The van der Waals surface area contributed by atoms with Gasteiger partial charge in [0, 0.05) is 16.5 Å². The van der Waals surface area contributed by atoms with Crippen LogP contribution in [-0.2, 0) is 6.42 Å². The van der Waals surface area contributed by atoms with Gasteiger partial charge in [0.25, 0.3) is 0 Å². The Labute approximate surface area is 109 Å². The zero-order valence-corrected chi connectivity index (χ0v) is 11.5. The van der Waals surface area contributed by atoms with E-state index in [4.69, 9.17) is 4.42 Å². The Hall–Kier alpha value is -1.06. The highest BCUT2D eigenvalue weighted by Gasteiger charge is 2.10. The van der Waals surface area contributed by atoms with Crippen LogP contribution in [0.3, 0.4) is 0 Å². The van der Waals surface area contributed by atoms with E-state index in [2.05, 4.69) is 22.9 Å². The molecule has 90 valence electrons. The molecule has 0 spiro atoms. The average molecular weight is 295 g/mol. The Morgan fingerprint density at radius 2 is 2.06 bits per heavy atom. The molecule has 1 aromatic heterocycles. The van der Waals surface area contributed by atoms with E-state index < -0.39 is 0 Å². The molecule has 1 N–H and O–H groups in total. The van der Waals surface area contributed by atoms with Crippen molar-refractivity contribution in [3.63, 3.8) is 0 Å². The van der Waals surface area contributed by atoms with Gasteiger partial charge >= 0.3 is 0 Å². The van der Waals surface area contributed by atoms with E-state index in [9.17, 15) is 5.11 Å². The van der Waals surface area contributed by atoms with Gasteiger partial charge in [-0.25, -0.2) is 0 Å². The molecule has 0 amide bonds. The third-order valence-corrected chi connectivity index (χ3v) is 3.55. The van der Waals surface area contributed by atoms with E-state index in [-0.39, 0.29) is 6.10 Å². The maximum absolute atomic E-state index is 9.32. The van der Waals surface area contributed by atoms with Crippen LogP contribution in [0.25, 0.3) is 11.3 Å². The standard InChI is InChI=1S/C14H15BrO2/c1-9(16)8-11-6-7-14(17-11)12-4-3-5-13(15)10(12)2/h3-7,9,16H,8H2,1-2H3. The number of aliphatic hydroxyl groups is 1. The van der Waals surface area contributed by atoms with Crippen molar-refractivity contribution >= 4 is 15.9 Å². The highest BCUT2D eigenvalue weighted by atomic mass is 79.9. The molecule has 1 atom stereocenters. The summed E-state index contributed by atoms with van der Waals surface area (Å²) in [7, 11) is 0.